The van der Waals surface area contributed by atoms with Crippen LogP contribution >= 0.6 is 0 Å². The van der Waals surface area contributed by atoms with Crippen molar-refractivity contribution in [1.29, 1.82) is 0 Å². The van der Waals surface area contributed by atoms with Crippen LogP contribution in [-0.2, 0) is 17.6 Å². The topological polar surface area (TPSA) is 79.3 Å². The molecule has 138 valence electrons. The van der Waals surface area contributed by atoms with Crippen LogP contribution in [0.1, 0.15) is 33.6 Å². The second-order valence-electron chi connectivity index (χ2n) is 6.55. The number of aryl methyl sites for hydroxylation is 2. The molecule has 5 nitrogen and oxygen atoms in total. The fourth-order valence-electron chi connectivity index (χ4n) is 2.97. The molecule has 0 fully saturated rings. The van der Waals surface area contributed by atoms with E-state index in [4.69, 9.17) is 5.11 Å². The molecule has 2 N–H and O–H groups in total. The Morgan fingerprint density at radius 2 is 1.67 bits per heavy atom. The first kappa shape index (κ1) is 18.6. The number of hydrogen-bond acceptors (Lipinski definition) is 3. The van der Waals surface area contributed by atoms with Crippen molar-refractivity contribution < 1.29 is 14.7 Å². The van der Waals surface area contributed by atoms with Crippen LogP contribution in [0.2, 0.25) is 0 Å². The molecule has 27 heavy (non-hydrogen) atoms. The van der Waals surface area contributed by atoms with Crippen molar-refractivity contribution >= 4 is 22.8 Å². The lowest BCUT2D eigenvalue weighted by molar-refractivity contribution is -0.136. The Kier molecular flexibility index (Phi) is 5.81. The average molecular weight is 362 g/mol. The van der Waals surface area contributed by atoms with Gasteiger partial charge in [-0.25, -0.2) is 0 Å². The summed E-state index contributed by atoms with van der Waals surface area (Å²) < 4.78 is 0. The molecule has 1 aromatic heterocycles. The lowest BCUT2D eigenvalue weighted by atomic mass is 10.1. The minimum Gasteiger partial charge on any atom is -0.481 e. The van der Waals surface area contributed by atoms with Gasteiger partial charge in [0.2, 0.25) is 0 Å². The number of aromatic nitrogens is 1. The SMILES string of the molecule is Cc1ccc2cccc(C(=O)NCCc3ccc(CCC(=O)O)cc3)c2n1. The molecule has 0 unspecified atom stereocenters. The lowest BCUT2D eigenvalue weighted by Crippen LogP contribution is -2.26. The highest BCUT2D eigenvalue weighted by Crippen LogP contribution is 2.17. The number of nitrogens with zero attached hydrogens (tertiary/aromatic N) is 1. The zero-order valence-electron chi connectivity index (χ0n) is 15.2. The summed E-state index contributed by atoms with van der Waals surface area (Å²) in [6.45, 7) is 2.43. The normalized spacial score (nSPS) is 10.7. The number of fused-ring (bicyclic) bond motifs is 1. The van der Waals surface area contributed by atoms with Gasteiger partial charge in [-0.1, -0.05) is 42.5 Å². The van der Waals surface area contributed by atoms with E-state index in [1.54, 1.807) is 6.07 Å². The highest BCUT2D eigenvalue weighted by molar-refractivity contribution is 6.05. The Hall–Kier alpha value is -3.21. The van der Waals surface area contributed by atoms with Crippen LogP contribution in [-0.4, -0.2) is 28.5 Å². The molecule has 0 spiro atoms. The number of rotatable bonds is 7. The van der Waals surface area contributed by atoms with Crippen molar-refractivity contribution in [2.75, 3.05) is 6.54 Å². The van der Waals surface area contributed by atoms with Gasteiger partial charge in [0.05, 0.1) is 11.1 Å². The minimum atomic E-state index is -0.792. The summed E-state index contributed by atoms with van der Waals surface area (Å²) in [5.41, 5.74) is 4.28. The van der Waals surface area contributed by atoms with Crippen LogP contribution in [0.4, 0.5) is 0 Å². The largest absolute Gasteiger partial charge is 0.481 e. The molecule has 2 aromatic carbocycles. The maximum Gasteiger partial charge on any atom is 0.303 e. The summed E-state index contributed by atoms with van der Waals surface area (Å²) in [6.07, 6.45) is 1.37. The van der Waals surface area contributed by atoms with Crippen molar-refractivity contribution in [3.05, 3.63) is 77.0 Å². The highest BCUT2D eigenvalue weighted by Gasteiger charge is 2.10. The number of aliphatic carboxylic acids is 1. The van der Waals surface area contributed by atoms with Gasteiger partial charge in [0.1, 0.15) is 0 Å². The molecule has 0 atom stereocenters. The van der Waals surface area contributed by atoms with Gasteiger partial charge in [-0.15, -0.1) is 0 Å². The predicted molar refractivity (Wildman–Crippen MR) is 105 cm³/mol. The van der Waals surface area contributed by atoms with Crippen LogP contribution in [0, 0.1) is 6.92 Å². The van der Waals surface area contributed by atoms with Crippen molar-refractivity contribution in [1.82, 2.24) is 10.3 Å². The third kappa shape index (κ3) is 4.91. The molecule has 3 rings (SSSR count). The van der Waals surface area contributed by atoms with Crippen LogP contribution in [0.15, 0.2) is 54.6 Å². The second-order valence-corrected chi connectivity index (χ2v) is 6.55. The summed E-state index contributed by atoms with van der Waals surface area (Å²) in [7, 11) is 0. The molecular weight excluding hydrogens is 340 g/mol. The lowest BCUT2D eigenvalue weighted by Gasteiger charge is -2.09. The molecule has 0 aliphatic carbocycles. The Morgan fingerprint density at radius 1 is 0.963 bits per heavy atom. The number of carboxylic acids is 1. The van der Waals surface area contributed by atoms with E-state index in [9.17, 15) is 9.59 Å². The van der Waals surface area contributed by atoms with E-state index in [0.29, 0.717) is 24.9 Å². The molecule has 3 aromatic rings. The number of amides is 1. The quantitative estimate of drug-likeness (QED) is 0.674. The fourth-order valence-corrected chi connectivity index (χ4v) is 2.97. The van der Waals surface area contributed by atoms with Gasteiger partial charge >= 0.3 is 5.97 Å². The van der Waals surface area contributed by atoms with Crippen molar-refractivity contribution in [2.24, 2.45) is 0 Å². The van der Waals surface area contributed by atoms with E-state index in [1.165, 1.54) is 0 Å². The maximum absolute atomic E-state index is 12.6. The number of benzene rings is 2. The van der Waals surface area contributed by atoms with Crippen LogP contribution in [0.3, 0.4) is 0 Å². The summed E-state index contributed by atoms with van der Waals surface area (Å²) in [5.74, 6) is -0.920. The van der Waals surface area contributed by atoms with E-state index < -0.39 is 5.97 Å². The van der Waals surface area contributed by atoms with Gasteiger partial charge in [-0.3, -0.25) is 14.6 Å². The average Bonchev–Trinajstić information content (AvgIpc) is 2.66. The number of nitrogens with one attached hydrogen (secondary N) is 1. The first-order valence-electron chi connectivity index (χ1n) is 8.97. The van der Waals surface area contributed by atoms with Gasteiger partial charge in [0.25, 0.3) is 5.91 Å². The van der Waals surface area contributed by atoms with E-state index in [0.717, 1.165) is 27.7 Å². The Bertz CT molecular complexity index is 965. The molecule has 0 radical (unpaired) electrons. The Morgan fingerprint density at radius 3 is 2.37 bits per heavy atom. The fraction of sp³-hybridized carbons (Fsp3) is 0.227. The Labute approximate surface area is 158 Å². The Balaban J connectivity index is 1.58. The van der Waals surface area contributed by atoms with Gasteiger partial charge in [-0.2, -0.15) is 0 Å². The standard InChI is InChI=1S/C22H22N2O3/c1-15-5-11-18-3-2-4-19(21(18)24-15)22(27)23-14-13-17-8-6-16(7-9-17)10-12-20(25)26/h2-9,11H,10,12-14H2,1H3,(H,23,27)(H,25,26). The first-order valence-corrected chi connectivity index (χ1v) is 8.97. The third-order valence-corrected chi connectivity index (χ3v) is 4.45. The van der Waals surface area contributed by atoms with Crippen molar-refractivity contribution in [3.8, 4) is 0 Å². The van der Waals surface area contributed by atoms with Crippen LogP contribution in [0.25, 0.3) is 10.9 Å². The monoisotopic (exact) mass is 362 g/mol. The molecular formula is C22H22N2O3. The molecule has 1 heterocycles. The smallest absolute Gasteiger partial charge is 0.303 e. The predicted octanol–water partition coefficient (Wildman–Crippen LogP) is 3.53. The van der Waals surface area contributed by atoms with Crippen molar-refractivity contribution in [3.63, 3.8) is 0 Å². The van der Waals surface area contributed by atoms with Crippen molar-refractivity contribution in [2.45, 2.75) is 26.2 Å². The number of carboxylic acid groups (broad SMARTS) is 1. The molecule has 5 heteroatoms. The number of hydrogen-bond donors (Lipinski definition) is 2. The highest BCUT2D eigenvalue weighted by atomic mass is 16.4. The van der Waals surface area contributed by atoms with Gasteiger partial charge in [-0.05, 0) is 43.0 Å². The number of carbonyl (C=O) groups is 2. The van der Waals surface area contributed by atoms with Crippen LogP contribution in [0.5, 0.6) is 0 Å². The van der Waals surface area contributed by atoms with Gasteiger partial charge in [0.15, 0.2) is 0 Å². The molecule has 0 aliphatic heterocycles. The maximum atomic E-state index is 12.6. The number of carbonyl (C=O) groups excluding carboxylic acids is 1. The molecule has 0 aliphatic rings. The summed E-state index contributed by atoms with van der Waals surface area (Å²) >= 11 is 0. The molecule has 0 saturated carbocycles. The minimum absolute atomic E-state index is 0.128. The third-order valence-electron chi connectivity index (χ3n) is 4.45. The second kappa shape index (κ2) is 8.45. The molecule has 1 amide bonds. The van der Waals surface area contributed by atoms with Gasteiger partial charge in [0, 0.05) is 24.0 Å². The first-order chi connectivity index (χ1) is 13.0. The molecule has 0 saturated heterocycles. The zero-order chi connectivity index (χ0) is 19.2. The van der Waals surface area contributed by atoms with E-state index in [1.807, 2.05) is 55.5 Å². The van der Waals surface area contributed by atoms with E-state index in [2.05, 4.69) is 10.3 Å². The summed E-state index contributed by atoms with van der Waals surface area (Å²) in [5, 5.41) is 12.6. The number of para-hydroxylation sites is 1. The van der Waals surface area contributed by atoms with Crippen LogP contribution < -0.4 is 5.32 Å². The van der Waals surface area contributed by atoms with E-state index >= 15 is 0 Å². The summed E-state index contributed by atoms with van der Waals surface area (Å²) in [6, 6.07) is 17.4. The van der Waals surface area contributed by atoms with Gasteiger partial charge < -0.3 is 10.4 Å². The summed E-state index contributed by atoms with van der Waals surface area (Å²) in [4.78, 5) is 27.7. The molecule has 0 bridgehead atoms. The zero-order valence-corrected chi connectivity index (χ0v) is 15.2. The van der Waals surface area contributed by atoms with E-state index in [-0.39, 0.29) is 12.3 Å². The number of pyridine rings is 1.